The zero-order valence-corrected chi connectivity index (χ0v) is 15.8. The topological polar surface area (TPSA) is 50.3 Å². The maximum atomic E-state index is 13.4. The SMILES string of the molecule is CCCCC1=c2c([nH]n(-c3ccc(F)cc3Cl)c2=O)=CCN1CCOC. The van der Waals surface area contributed by atoms with Crippen LogP contribution in [0.2, 0.25) is 5.02 Å². The van der Waals surface area contributed by atoms with Gasteiger partial charge in [0.05, 0.1) is 27.9 Å². The van der Waals surface area contributed by atoms with Gasteiger partial charge in [0.2, 0.25) is 0 Å². The Morgan fingerprint density at radius 1 is 1.38 bits per heavy atom. The predicted molar refractivity (Wildman–Crippen MR) is 101 cm³/mol. The number of unbranched alkanes of at least 4 members (excludes halogenated alkanes) is 1. The Kier molecular flexibility index (Phi) is 5.84. The molecule has 1 N–H and O–H groups in total. The number of nitrogens with zero attached hydrogens (tertiary/aromatic N) is 2. The highest BCUT2D eigenvalue weighted by atomic mass is 35.5. The number of rotatable bonds is 7. The summed E-state index contributed by atoms with van der Waals surface area (Å²) in [7, 11) is 1.67. The van der Waals surface area contributed by atoms with E-state index in [-0.39, 0.29) is 10.6 Å². The number of methoxy groups -OCH3 is 1. The van der Waals surface area contributed by atoms with Crippen molar-refractivity contribution in [3.63, 3.8) is 0 Å². The molecule has 140 valence electrons. The van der Waals surface area contributed by atoms with Crippen LogP contribution in [0, 0.1) is 5.82 Å². The molecule has 7 heteroatoms. The monoisotopic (exact) mass is 379 g/mol. The van der Waals surface area contributed by atoms with Crippen molar-refractivity contribution in [2.45, 2.75) is 26.2 Å². The molecule has 0 spiro atoms. The molecule has 0 fully saturated rings. The number of ether oxygens (including phenoxy) is 1. The van der Waals surface area contributed by atoms with Gasteiger partial charge >= 0.3 is 0 Å². The number of aromatic nitrogens is 2. The summed E-state index contributed by atoms with van der Waals surface area (Å²) in [4.78, 5) is 15.3. The second kappa shape index (κ2) is 8.10. The van der Waals surface area contributed by atoms with Crippen molar-refractivity contribution < 1.29 is 9.13 Å². The molecule has 0 atom stereocenters. The highest BCUT2D eigenvalue weighted by Gasteiger charge is 2.19. The first kappa shape index (κ1) is 18.7. The van der Waals surface area contributed by atoms with Gasteiger partial charge in [-0.1, -0.05) is 24.9 Å². The maximum Gasteiger partial charge on any atom is 0.280 e. The molecule has 1 aromatic heterocycles. The van der Waals surface area contributed by atoms with Crippen LogP contribution in [0.3, 0.4) is 0 Å². The molecular formula is C19H23ClFN3O2. The number of H-pyrrole nitrogens is 1. The highest BCUT2D eigenvalue weighted by molar-refractivity contribution is 6.32. The van der Waals surface area contributed by atoms with E-state index in [0.29, 0.717) is 24.1 Å². The lowest BCUT2D eigenvalue weighted by atomic mass is 10.1. The molecule has 0 amide bonds. The first-order valence-electron chi connectivity index (χ1n) is 8.80. The molecule has 0 unspecified atom stereocenters. The van der Waals surface area contributed by atoms with E-state index in [1.165, 1.54) is 22.9 Å². The van der Waals surface area contributed by atoms with Gasteiger partial charge in [0.1, 0.15) is 5.82 Å². The summed E-state index contributed by atoms with van der Waals surface area (Å²) in [6.07, 6.45) is 4.87. The van der Waals surface area contributed by atoms with Gasteiger partial charge in [0.25, 0.3) is 5.56 Å². The van der Waals surface area contributed by atoms with Gasteiger partial charge in [0.15, 0.2) is 0 Å². The van der Waals surface area contributed by atoms with Gasteiger partial charge in [-0.3, -0.25) is 9.89 Å². The fourth-order valence-electron chi connectivity index (χ4n) is 3.24. The molecule has 1 aromatic carbocycles. The number of nitrogens with one attached hydrogen (secondary N) is 1. The van der Waals surface area contributed by atoms with Gasteiger partial charge in [0, 0.05) is 25.9 Å². The van der Waals surface area contributed by atoms with E-state index in [1.807, 2.05) is 6.08 Å². The predicted octanol–water partition coefficient (Wildman–Crippen LogP) is 2.00. The number of hydrogen-bond donors (Lipinski definition) is 1. The third-order valence-corrected chi connectivity index (χ3v) is 4.89. The molecule has 0 radical (unpaired) electrons. The Hall–Kier alpha value is -2.05. The molecule has 3 rings (SSSR count). The van der Waals surface area contributed by atoms with Crippen molar-refractivity contribution >= 4 is 23.4 Å². The highest BCUT2D eigenvalue weighted by Crippen LogP contribution is 2.19. The molecule has 26 heavy (non-hydrogen) atoms. The fourth-order valence-corrected chi connectivity index (χ4v) is 3.49. The van der Waals surface area contributed by atoms with Crippen molar-refractivity contribution in [1.82, 2.24) is 14.7 Å². The average Bonchev–Trinajstić information content (AvgIpc) is 2.95. The molecule has 5 nitrogen and oxygen atoms in total. The minimum Gasteiger partial charge on any atom is -0.383 e. The molecule has 2 aromatic rings. The first-order chi connectivity index (χ1) is 12.6. The van der Waals surface area contributed by atoms with Crippen LogP contribution in [0.5, 0.6) is 0 Å². The minimum atomic E-state index is -0.435. The van der Waals surface area contributed by atoms with E-state index < -0.39 is 5.82 Å². The van der Waals surface area contributed by atoms with Crippen LogP contribution in [-0.2, 0) is 4.74 Å². The van der Waals surface area contributed by atoms with Gasteiger partial charge in [-0.05, 0) is 37.1 Å². The molecule has 0 saturated heterocycles. The van der Waals surface area contributed by atoms with Crippen molar-refractivity contribution in [1.29, 1.82) is 0 Å². The Morgan fingerprint density at radius 3 is 2.88 bits per heavy atom. The van der Waals surface area contributed by atoms with E-state index in [0.717, 1.165) is 36.9 Å². The van der Waals surface area contributed by atoms with E-state index in [1.54, 1.807) is 7.11 Å². The molecule has 0 bridgehead atoms. The number of halogens is 2. The van der Waals surface area contributed by atoms with Gasteiger partial charge in [-0.2, -0.15) is 0 Å². The third-order valence-electron chi connectivity index (χ3n) is 4.59. The molecule has 1 aliphatic rings. The number of hydrogen-bond acceptors (Lipinski definition) is 3. The van der Waals surface area contributed by atoms with Gasteiger partial charge in [-0.25, -0.2) is 9.07 Å². The Morgan fingerprint density at radius 2 is 2.19 bits per heavy atom. The van der Waals surface area contributed by atoms with E-state index >= 15 is 0 Å². The molecule has 2 heterocycles. The van der Waals surface area contributed by atoms with E-state index in [2.05, 4.69) is 16.9 Å². The van der Waals surface area contributed by atoms with Crippen LogP contribution in [0.15, 0.2) is 23.0 Å². The average molecular weight is 380 g/mol. The summed E-state index contributed by atoms with van der Waals surface area (Å²) in [5.74, 6) is -0.435. The third kappa shape index (κ3) is 3.57. The number of benzene rings is 1. The number of fused-ring (bicyclic) bond motifs is 1. The molecule has 0 aliphatic carbocycles. The standard InChI is InChI=1S/C19H23ClFN3O2/c1-3-4-5-17-18-15(8-9-23(17)10-11-26-2)22-24(19(18)25)16-7-6-13(21)12-14(16)20/h6-8,12,22H,3-5,9-11H2,1-2H3. The summed E-state index contributed by atoms with van der Waals surface area (Å²) in [6.45, 7) is 4.17. The Bertz CT molecular complexity index is 964. The van der Waals surface area contributed by atoms with Gasteiger partial charge in [-0.15, -0.1) is 0 Å². The number of aromatic amines is 1. The van der Waals surface area contributed by atoms with Crippen molar-refractivity contribution in [2.75, 3.05) is 26.8 Å². The first-order valence-corrected chi connectivity index (χ1v) is 9.18. The Balaban J connectivity index is 2.17. The van der Waals surface area contributed by atoms with Crippen molar-refractivity contribution in [3.05, 3.63) is 50.0 Å². The lowest BCUT2D eigenvalue weighted by molar-refractivity contribution is 0.175. The lowest BCUT2D eigenvalue weighted by Gasteiger charge is -2.27. The normalized spacial score (nSPS) is 13.7. The zero-order chi connectivity index (χ0) is 18.7. The largest absolute Gasteiger partial charge is 0.383 e. The van der Waals surface area contributed by atoms with Crippen molar-refractivity contribution in [3.8, 4) is 5.69 Å². The second-order valence-corrected chi connectivity index (χ2v) is 6.74. The van der Waals surface area contributed by atoms with Crippen LogP contribution in [0.1, 0.15) is 26.2 Å². The second-order valence-electron chi connectivity index (χ2n) is 6.33. The summed E-state index contributed by atoms with van der Waals surface area (Å²) in [5.41, 5.74) is 1.30. The van der Waals surface area contributed by atoms with E-state index in [4.69, 9.17) is 16.3 Å². The molecule has 0 saturated carbocycles. The minimum absolute atomic E-state index is 0.169. The smallest absolute Gasteiger partial charge is 0.280 e. The summed E-state index contributed by atoms with van der Waals surface area (Å²) >= 11 is 6.15. The maximum absolute atomic E-state index is 13.4. The summed E-state index contributed by atoms with van der Waals surface area (Å²) in [6, 6.07) is 4.01. The van der Waals surface area contributed by atoms with Gasteiger partial charge < -0.3 is 9.64 Å². The molecular weight excluding hydrogens is 357 g/mol. The van der Waals surface area contributed by atoms with Crippen molar-refractivity contribution in [2.24, 2.45) is 0 Å². The summed E-state index contributed by atoms with van der Waals surface area (Å²) in [5, 5.41) is 4.77. The zero-order valence-electron chi connectivity index (χ0n) is 15.0. The van der Waals surface area contributed by atoms with Crippen LogP contribution in [-0.4, -0.2) is 41.5 Å². The molecule has 1 aliphatic heterocycles. The fraction of sp³-hybridized carbons (Fsp3) is 0.421. The van der Waals surface area contributed by atoms with Crippen LogP contribution >= 0.6 is 11.6 Å². The van der Waals surface area contributed by atoms with E-state index in [9.17, 15) is 9.18 Å². The van der Waals surface area contributed by atoms with Crippen LogP contribution in [0.4, 0.5) is 4.39 Å². The van der Waals surface area contributed by atoms with Crippen LogP contribution in [0.25, 0.3) is 17.5 Å². The Labute approximate surface area is 156 Å². The summed E-state index contributed by atoms with van der Waals surface area (Å²) < 4.78 is 20.0. The quantitative estimate of drug-likeness (QED) is 0.800. The lowest BCUT2D eigenvalue weighted by Crippen LogP contribution is -2.46. The van der Waals surface area contributed by atoms with Crippen LogP contribution < -0.4 is 16.1 Å².